The SMILES string of the molecule is Cc1cccc(CN(CC(=O)N/N=C\c2ccc(Br)cc2)S(=O)(=O)c2ccc(Cl)cc2)c1. The molecule has 3 aromatic rings. The van der Waals surface area contributed by atoms with Crippen LogP contribution in [-0.4, -0.2) is 31.4 Å². The van der Waals surface area contributed by atoms with Crippen LogP contribution in [0.5, 0.6) is 0 Å². The molecule has 0 saturated heterocycles. The molecule has 0 radical (unpaired) electrons. The highest BCUT2D eigenvalue weighted by Crippen LogP contribution is 2.21. The minimum absolute atomic E-state index is 0.0382. The number of hydrogen-bond acceptors (Lipinski definition) is 4. The molecule has 3 rings (SSSR count). The Morgan fingerprint density at radius 3 is 2.44 bits per heavy atom. The maximum absolute atomic E-state index is 13.3. The lowest BCUT2D eigenvalue weighted by Gasteiger charge is -2.21. The number of rotatable bonds is 8. The first kappa shape index (κ1) is 24.1. The third-order valence-corrected chi connectivity index (χ3v) is 7.07. The van der Waals surface area contributed by atoms with Crippen LogP contribution in [0.3, 0.4) is 0 Å². The van der Waals surface area contributed by atoms with E-state index in [1.165, 1.54) is 30.5 Å². The summed E-state index contributed by atoms with van der Waals surface area (Å²) in [5.74, 6) is -0.552. The normalized spacial score (nSPS) is 11.8. The summed E-state index contributed by atoms with van der Waals surface area (Å²) in [5.41, 5.74) is 4.96. The predicted octanol–water partition coefficient (Wildman–Crippen LogP) is 4.75. The van der Waals surface area contributed by atoms with E-state index in [2.05, 4.69) is 26.5 Å². The van der Waals surface area contributed by atoms with Gasteiger partial charge in [0.25, 0.3) is 5.91 Å². The van der Waals surface area contributed by atoms with Gasteiger partial charge in [-0.2, -0.15) is 9.41 Å². The predicted molar refractivity (Wildman–Crippen MR) is 130 cm³/mol. The number of nitrogens with zero attached hydrogens (tertiary/aromatic N) is 2. The van der Waals surface area contributed by atoms with Crippen LogP contribution in [0.15, 0.2) is 87.3 Å². The first-order valence-electron chi connectivity index (χ1n) is 9.63. The molecule has 0 aromatic heterocycles. The summed E-state index contributed by atoms with van der Waals surface area (Å²) in [4.78, 5) is 12.6. The quantitative estimate of drug-likeness (QED) is 0.335. The Hall–Kier alpha value is -2.52. The molecule has 0 aliphatic carbocycles. The first-order chi connectivity index (χ1) is 15.2. The van der Waals surface area contributed by atoms with Crippen LogP contribution < -0.4 is 5.43 Å². The van der Waals surface area contributed by atoms with Gasteiger partial charge in [0, 0.05) is 16.0 Å². The number of nitrogens with one attached hydrogen (secondary N) is 1. The molecule has 9 heteroatoms. The molecule has 32 heavy (non-hydrogen) atoms. The van der Waals surface area contributed by atoms with E-state index < -0.39 is 22.5 Å². The summed E-state index contributed by atoms with van der Waals surface area (Å²) in [6, 6.07) is 20.7. The largest absolute Gasteiger partial charge is 0.272 e. The van der Waals surface area contributed by atoms with Gasteiger partial charge in [-0.05, 0) is 54.4 Å². The van der Waals surface area contributed by atoms with Crippen molar-refractivity contribution in [2.75, 3.05) is 6.54 Å². The fourth-order valence-electron chi connectivity index (χ4n) is 2.92. The van der Waals surface area contributed by atoms with Gasteiger partial charge in [-0.15, -0.1) is 0 Å². The Kier molecular flexibility index (Phi) is 8.20. The lowest BCUT2D eigenvalue weighted by molar-refractivity contribution is -0.121. The summed E-state index contributed by atoms with van der Waals surface area (Å²) in [5, 5.41) is 4.36. The van der Waals surface area contributed by atoms with Gasteiger partial charge in [0.05, 0.1) is 17.7 Å². The smallest absolute Gasteiger partial charge is 0.255 e. The number of hydrazone groups is 1. The fourth-order valence-corrected chi connectivity index (χ4v) is 4.69. The number of aryl methyl sites for hydroxylation is 1. The van der Waals surface area contributed by atoms with Crippen molar-refractivity contribution in [1.29, 1.82) is 0 Å². The monoisotopic (exact) mass is 533 g/mol. The third-order valence-electron chi connectivity index (χ3n) is 4.49. The average molecular weight is 535 g/mol. The fraction of sp³-hybridized carbons (Fsp3) is 0.130. The number of sulfonamides is 1. The number of carbonyl (C=O) groups is 1. The van der Waals surface area contributed by atoms with Gasteiger partial charge in [-0.25, -0.2) is 13.8 Å². The van der Waals surface area contributed by atoms with Gasteiger partial charge in [-0.1, -0.05) is 69.5 Å². The van der Waals surface area contributed by atoms with E-state index in [4.69, 9.17) is 11.6 Å². The van der Waals surface area contributed by atoms with Crippen molar-refractivity contribution >= 4 is 49.7 Å². The Morgan fingerprint density at radius 1 is 1.09 bits per heavy atom. The van der Waals surface area contributed by atoms with E-state index in [1.54, 1.807) is 0 Å². The molecule has 0 fully saturated rings. The van der Waals surface area contributed by atoms with E-state index in [0.29, 0.717) is 5.02 Å². The maximum Gasteiger partial charge on any atom is 0.255 e. The Balaban J connectivity index is 1.79. The summed E-state index contributed by atoms with van der Waals surface area (Å²) in [6.45, 7) is 1.57. The molecule has 1 N–H and O–H groups in total. The number of halogens is 2. The van der Waals surface area contributed by atoms with Gasteiger partial charge in [0.1, 0.15) is 0 Å². The highest BCUT2D eigenvalue weighted by atomic mass is 79.9. The molecule has 0 aliphatic rings. The molecular formula is C23H21BrClN3O3S. The lowest BCUT2D eigenvalue weighted by Crippen LogP contribution is -2.39. The molecule has 0 heterocycles. The molecule has 0 aliphatic heterocycles. The van der Waals surface area contributed by atoms with Crippen LogP contribution >= 0.6 is 27.5 Å². The van der Waals surface area contributed by atoms with Crippen molar-refractivity contribution in [3.63, 3.8) is 0 Å². The summed E-state index contributed by atoms with van der Waals surface area (Å²) < 4.78 is 28.6. The highest BCUT2D eigenvalue weighted by molar-refractivity contribution is 9.10. The van der Waals surface area contributed by atoms with Gasteiger partial charge in [-0.3, -0.25) is 4.79 Å². The van der Waals surface area contributed by atoms with Crippen molar-refractivity contribution in [2.45, 2.75) is 18.4 Å². The van der Waals surface area contributed by atoms with Crippen LogP contribution in [0.2, 0.25) is 5.02 Å². The van der Waals surface area contributed by atoms with Crippen molar-refractivity contribution in [2.24, 2.45) is 5.10 Å². The van der Waals surface area contributed by atoms with Gasteiger partial charge >= 0.3 is 0 Å². The van der Waals surface area contributed by atoms with Crippen molar-refractivity contribution < 1.29 is 13.2 Å². The zero-order valence-electron chi connectivity index (χ0n) is 17.2. The van der Waals surface area contributed by atoms with Crippen LogP contribution in [0.4, 0.5) is 0 Å². The van der Waals surface area contributed by atoms with Crippen molar-refractivity contribution in [3.8, 4) is 0 Å². The minimum Gasteiger partial charge on any atom is -0.272 e. The molecule has 0 spiro atoms. The highest BCUT2D eigenvalue weighted by Gasteiger charge is 2.27. The van der Waals surface area contributed by atoms with E-state index in [1.807, 2.05) is 55.5 Å². The van der Waals surface area contributed by atoms with E-state index >= 15 is 0 Å². The van der Waals surface area contributed by atoms with Crippen LogP contribution in [0.1, 0.15) is 16.7 Å². The Bertz CT molecular complexity index is 1210. The summed E-state index contributed by atoms with van der Waals surface area (Å²) in [6.07, 6.45) is 1.49. The zero-order valence-corrected chi connectivity index (χ0v) is 20.4. The molecular weight excluding hydrogens is 514 g/mol. The van der Waals surface area contributed by atoms with Crippen LogP contribution in [0.25, 0.3) is 0 Å². The molecule has 166 valence electrons. The second-order valence-corrected chi connectivity index (χ2v) is 10.4. The van der Waals surface area contributed by atoms with Crippen molar-refractivity contribution in [1.82, 2.24) is 9.73 Å². The summed E-state index contributed by atoms with van der Waals surface area (Å²) >= 11 is 9.25. The van der Waals surface area contributed by atoms with Gasteiger partial charge in [0.15, 0.2) is 0 Å². The number of amides is 1. The third kappa shape index (κ3) is 6.74. The first-order valence-corrected chi connectivity index (χ1v) is 12.2. The average Bonchev–Trinajstić information content (AvgIpc) is 2.75. The van der Waals surface area contributed by atoms with Crippen LogP contribution in [0, 0.1) is 6.92 Å². The molecule has 0 bridgehead atoms. The molecule has 3 aromatic carbocycles. The van der Waals surface area contributed by atoms with E-state index in [9.17, 15) is 13.2 Å². The van der Waals surface area contributed by atoms with E-state index in [0.717, 1.165) is 25.5 Å². The Morgan fingerprint density at radius 2 is 1.78 bits per heavy atom. The minimum atomic E-state index is -3.95. The van der Waals surface area contributed by atoms with Gasteiger partial charge < -0.3 is 0 Å². The molecule has 1 amide bonds. The lowest BCUT2D eigenvalue weighted by atomic mass is 10.1. The second kappa shape index (κ2) is 10.9. The van der Waals surface area contributed by atoms with Gasteiger partial charge in [0.2, 0.25) is 10.0 Å². The topological polar surface area (TPSA) is 78.8 Å². The number of carbonyl (C=O) groups excluding carboxylic acids is 1. The molecule has 0 atom stereocenters. The molecule has 6 nitrogen and oxygen atoms in total. The summed E-state index contributed by atoms with van der Waals surface area (Å²) in [7, 11) is -3.95. The molecule has 0 saturated carbocycles. The van der Waals surface area contributed by atoms with E-state index in [-0.39, 0.29) is 11.4 Å². The zero-order chi connectivity index (χ0) is 23.1. The molecule has 0 unspecified atom stereocenters. The van der Waals surface area contributed by atoms with Crippen LogP contribution in [-0.2, 0) is 21.4 Å². The number of hydrogen-bond donors (Lipinski definition) is 1. The second-order valence-electron chi connectivity index (χ2n) is 7.06. The number of benzene rings is 3. The van der Waals surface area contributed by atoms with Crippen molar-refractivity contribution in [3.05, 3.63) is 99.0 Å². The Labute approximate surface area is 201 Å². The maximum atomic E-state index is 13.3. The standard InChI is InChI=1S/C23H21BrClN3O3S/c1-17-3-2-4-19(13-17)15-28(32(30,31)22-11-9-21(25)10-12-22)16-23(29)27-26-14-18-5-7-20(24)8-6-18/h2-14H,15-16H2,1H3,(H,27,29)/b26-14-.